The Bertz CT molecular complexity index is 632. The van der Waals surface area contributed by atoms with Gasteiger partial charge in [-0.05, 0) is 32.0 Å². The van der Waals surface area contributed by atoms with E-state index in [1.165, 1.54) is 5.56 Å². The normalized spacial score (nSPS) is 11.0. The maximum atomic E-state index is 12.1. The zero-order chi connectivity index (χ0) is 16.1. The molecular formula is C16H23N5O. The van der Waals surface area contributed by atoms with E-state index >= 15 is 0 Å². The van der Waals surface area contributed by atoms with E-state index in [0.717, 1.165) is 23.5 Å². The first-order chi connectivity index (χ1) is 10.5. The van der Waals surface area contributed by atoms with E-state index in [2.05, 4.69) is 28.4 Å². The number of anilines is 1. The number of aromatic nitrogens is 3. The van der Waals surface area contributed by atoms with Crippen LogP contribution in [0.1, 0.15) is 23.9 Å². The Hall–Kier alpha value is -2.21. The van der Waals surface area contributed by atoms with Gasteiger partial charge in [0.2, 0.25) is 5.91 Å². The molecule has 2 heterocycles. The van der Waals surface area contributed by atoms with Crippen LogP contribution in [-0.2, 0) is 24.8 Å². The molecule has 2 aromatic rings. The van der Waals surface area contributed by atoms with E-state index < -0.39 is 0 Å². The van der Waals surface area contributed by atoms with Crippen molar-refractivity contribution < 1.29 is 4.79 Å². The number of rotatable bonds is 6. The molecule has 0 saturated carbocycles. The number of hydrogen-bond acceptors (Lipinski definition) is 4. The van der Waals surface area contributed by atoms with Crippen molar-refractivity contribution in [2.24, 2.45) is 7.05 Å². The summed E-state index contributed by atoms with van der Waals surface area (Å²) in [5.74, 6) is -0.0521. The Morgan fingerprint density at radius 2 is 2.14 bits per heavy atom. The van der Waals surface area contributed by atoms with Crippen LogP contribution in [0.5, 0.6) is 0 Å². The maximum Gasteiger partial charge on any atom is 0.238 e. The molecule has 2 rings (SSSR count). The number of likely N-dealkylation sites (N-methyl/N-ethyl adjacent to an activating group) is 1. The zero-order valence-corrected chi connectivity index (χ0v) is 13.6. The summed E-state index contributed by atoms with van der Waals surface area (Å²) in [6, 6.07) is 4.09. The van der Waals surface area contributed by atoms with Crippen molar-refractivity contribution in [3.8, 4) is 0 Å². The molecular weight excluding hydrogens is 278 g/mol. The minimum absolute atomic E-state index is 0.0521. The minimum Gasteiger partial charge on any atom is -0.322 e. The topological polar surface area (TPSA) is 63.1 Å². The average molecular weight is 301 g/mol. The lowest BCUT2D eigenvalue weighted by atomic mass is 10.2. The molecule has 0 bridgehead atoms. The second-order valence-electron chi connectivity index (χ2n) is 5.50. The van der Waals surface area contributed by atoms with Crippen LogP contribution in [0.3, 0.4) is 0 Å². The highest BCUT2D eigenvalue weighted by Gasteiger charge is 2.11. The van der Waals surface area contributed by atoms with Gasteiger partial charge in [-0.3, -0.25) is 19.4 Å². The van der Waals surface area contributed by atoms with Crippen LogP contribution in [0.15, 0.2) is 24.5 Å². The molecule has 0 aliphatic heterocycles. The van der Waals surface area contributed by atoms with Gasteiger partial charge in [-0.1, -0.05) is 13.0 Å². The SMILES string of the molecule is CCc1ccc(CN(C)CC(=O)Nc2cnn(C)c2C)nc1. The Labute approximate surface area is 131 Å². The third kappa shape index (κ3) is 4.14. The van der Waals surface area contributed by atoms with Crippen LogP contribution in [-0.4, -0.2) is 39.2 Å². The molecule has 0 aliphatic rings. The van der Waals surface area contributed by atoms with Crippen LogP contribution in [0, 0.1) is 6.92 Å². The zero-order valence-electron chi connectivity index (χ0n) is 13.6. The summed E-state index contributed by atoms with van der Waals surface area (Å²) in [5.41, 5.74) is 3.88. The number of carbonyl (C=O) groups is 1. The van der Waals surface area contributed by atoms with E-state index in [1.54, 1.807) is 10.9 Å². The van der Waals surface area contributed by atoms with Crippen molar-refractivity contribution in [3.05, 3.63) is 41.5 Å². The van der Waals surface area contributed by atoms with Crippen LogP contribution in [0.25, 0.3) is 0 Å². The number of hydrogen-bond donors (Lipinski definition) is 1. The lowest BCUT2D eigenvalue weighted by Gasteiger charge is -2.15. The van der Waals surface area contributed by atoms with Gasteiger partial charge in [0.05, 0.1) is 29.8 Å². The molecule has 1 amide bonds. The molecule has 2 aromatic heterocycles. The smallest absolute Gasteiger partial charge is 0.238 e. The second kappa shape index (κ2) is 7.17. The molecule has 0 radical (unpaired) electrons. The maximum absolute atomic E-state index is 12.1. The van der Waals surface area contributed by atoms with E-state index in [9.17, 15) is 4.79 Å². The lowest BCUT2D eigenvalue weighted by molar-refractivity contribution is -0.117. The Morgan fingerprint density at radius 3 is 2.68 bits per heavy atom. The van der Waals surface area contributed by atoms with E-state index in [1.807, 2.05) is 38.2 Å². The summed E-state index contributed by atoms with van der Waals surface area (Å²) in [4.78, 5) is 18.4. The molecule has 6 nitrogen and oxygen atoms in total. The molecule has 6 heteroatoms. The third-order valence-corrected chi connectivity index (χ3v) is 3.65. The first kappa shape index (κ1) is 16.2. The third-order valence-electron chi connectivity index (χ3n) is 3.65. The van der Waals surface area contributed by atoms with Crippen molar-refractivity contribution in [3.63, 3.8) is 0 Å². The second-order valence-corrected chi connectivity index (χ2v) is 5.50. The van der Waals surface area contributed by atoms with Crippen molar-refractivity contribution in [1.29, 1.82) is 0 Å². The highest BCUT2D eigenvalue weighted by molar-refractivity contribution is 5.92. The van der Waals surface area contributed by atoms with Gasteiger partial charge in [-0.25, -0.2) is 0 Å². The van der Waals surface area contributed by atoms with Crippen molar-refractivity contribution >= 4 is 11.6 Å². The van der Waals surface area contributed by atoms with Crippen LogP contribution in [0.2, 0.25) is 0 Å². The van der Waals surface area contributed by atoms with E-state index in [4.69, 9.17) is 0 Å². The quantitative estimate of drug-likeness (QED) is 0.883. The molecule has 1 N–H and O–H groups in total. The van der Waals surface area contributed by atoms with E-state index in [-0.39, 0.29) is 5.91 Å². The van der Waals surface area contributed by atoms with Gasteiger partial charge in [-0.15, -0.1) is 0 Å². The fourth-order valence-corrected chi connectivity index (χ4v) is 2.15. The molecule has 0 fully saturated rings. The van der Waals surface area contributed by atoms with Crippen molar-refractivity contribution in [1.82, 2.24) is 19.7 Å². The number of carbonyl (C=O) groups excluding carboxylic acids is 1. The van der Waals surface area contributed by atoms with Gasteiger partial charge in [0.25, 0.3) is 0 Å². The fourth-order valence-electron chi connectivity index (χ4n) is 2.15. The number of nitrogens with zero attached hydrogens (tertiary/aromatic N) is 4. The summed E-state index contributed by atoms with van der Waals surface area (Å²) in [7, 11) is 3.76. The van der Waals surface area contributed by atoms with Gasteiger partial charge in [-0.2, -0.15) is 5.10 Å². The highest BCUT2D eigenvalue weighted by atomic mass is 16.2. The molecule has 0 aliphatic carbocycles. The summed E-state index contributed by atoms with van der Waals surface area (Å²) >= 11 is 0. The van der Waals surface area contributed by atoms with Crippen LogP contribution in [0.4, 0.5) is 5.69 Å². The Morgan fingerprint density at radius 1 is 1.36 bits per heavy atom. The molecule has 0 aromatic carbocycles. The highest BCUT2D eigenvalue weighted by Crippen LogP contribution is 2.12. The van der Waals surface area contributed by atoms with Crippen LogP contribution < -0.4 is 5.32 Å². The first-order valence-electron chi connectivity index (χ1n) is 7.40. The average Bonchev–Trinajstić information content (AvgIpc) is 2.80. The summed E-state index contributed by atoms with van der Waals surface area (Å²) in [5, 5.41) is 6.99. The molecule has 0 unspecified atom stereocenters. The van der Waals surface area contributed by atoms with Gasteiger partial charge in [0.15, 0.2) is 0 Å². The number of amides is 1. The summed E-state index contributed by atoms with van der Waals surface area (Å²) in [6.07, 6.45) is 4.54. The monoisotopic (exact) mass is 301 g/mol. The lowest BCUT2D eigenvalue weighted by Crippen LogP contribution is -2.30. The number of aryl methyl sites for hydroxylation is 2. The van der Waals surface area contributed by atoms with Crippen LogP contribution >= 0.6 is 0 Å². The predicted octanol–water partition coefficient (Wildman–Crippen LogP) is 1.76. The number of nitrogens with one attached hydrogen (secondary N) is 1. The first-order valence-corrected chi connectivity index (χ1v) is 7.40. The van der Waals surface area contributed by atoms with Crippen molar-refractivity contribution in [2.45, 2.75) is 26.8 Å². The number of pyridine rings is 1. The minimum atomic E-state index is -0.0521. The molecule has 0 atom stereocenters. The molecule has 0 saturated heterocycles. The van der Waals surface area contributed by atoms with Crippen molar-refractivity contribution in [2.75, 3.05) is 18.9 Å². The van der Waals surface area contributed by atoms with Gasteiger partial charge in [0, 0.05) is 19.8 Å². The largest absolute Gasteiger partial charge is 0.322 e. The Balaban J connectivity index is 1.86. The van der Waals surface area contributed by atoms with E-state index in [0.29, 0.717) is 13.1 Å². The summed E-state index contributed by atoms with van der Waals surface area (Å²) < 4.78 is 1.73. The molecule has 22 heavy (non-hydrogen) atoms. The standard InChI is InChI=1S/C16H23N5O/c1-5-13-6-7-14(17-8-13)10-20(3)11-16(22)19-15-9-18-21(4)12(15)2/h6-9H,5,10-11H2,1-4H3,(H,19,22). The molecule has 118 valence electrons. The van der Waals surface area contributed by atoms with Gasteiger partial charge >= 0.3 is 0 Å². The predicted molar refractivity (Wildman–Crippen MR) is 86.5 cm³/mol. The summed E-state index contributed by atoms with van der Waals surface area (Å²) in [6.45, 7) is 4.98. The van der Waals surface area contributed by atoms with Gasteiger partial charge < -0.3 is 5.32 Å². The van der Waals surface area contributed by atoms with Gasteiger partial charge in [0.1, 0.15) is 0 Å². The Kier molecular flexibility index (Phi) is 5.27. The fraction of sp³-hybridized carbons (Fsp3) is 0.438. The molecule has 0 spiro atoms.